The molecule has 13 heavy (non-hydrogen) atoms. The molecular weight excluding hydrogens is 184 g/mol. The van der Waals surface area contributed by atoms with Crippen LogP contribution in [-0.4, -0.2) is 11.1 Å². The van der Waals surface area contributed by atoms with Crippen LogP contribution in [0.5, 0.6) is 0 Å². The van der Waals surface area contributed by atoms with Crippen LogP contribution in [0, 0.1) is 0 Å². The van der Waals surface area contributed by atoms with Gasteiger partial charge in [-0.2, -0.15) is 0 Å². The Morgan fingerprint density at radius 3 is 3.31 bits per heavy atom. The SMILES string of the molecule is O=C(O)CC1CCCc2ccsc21. The quantitative estimate of drug-likeness (QED) is 0.789. The number of hydrogen-bond donors (Lipinski definition) is 1. The summed E-state index contributed by atoms with van der Waals surface area (Å²) in [6, 6.07) is 2.13. The zero-order valence-corrected chi connectivity index (χ0v) is 8.14. The highest BCUT2D eigenvalue weighted by Crippen LogP contribution is 2.37. The fraction of sp³-hybridized carbons (Fsp3) is 0.500. The largest absolute Gasteiger partial charge is 0.481 e. The summed E-state index contributed by atoms with van der Waals surface area (Å²) in [6.07, 6.45) is 3.62. The number of carbonyl (C=O) groups is 1. The van der Waals surface area contributed by atoms with Crippen LogP contribution in [0.4, 0.5) is 0 Å². The van der Waals surface area contributed by atoms with Gasteiger partial charge in [-0.15, -0.1) is 11.3 Å². The molecular formula is C10H12O2S. The lowest BCUT2D eigenvalue weighted by Crippen LogP contribution is -2.11. The number of carboxylic acids is 1. The fourth-order valence-electron chi connectivity index (χ4n) is 1.99. The lowest BCUT2D eigenvalue weighted by Gasteiger charge is -2.20. The molecule has 0 amide bonds. The highest BCUT2D eigenvalue weighted by Gasteiger charge is 2.23. The smallest absolute Gasteiger partial charge is 0.303 e. The van der Waals surface area contributed by atoms with Gasteiger partial charge in [-0.05, 0) is 36.3 Å². The summed E-state index contributed by atoms with van der Waals surface area (Å²) in [6.45, 7) is 0. The van der Waals surface area contributed by atoms with E-state index >= 15 is 0 Å². The van der Waals surface area contributed by atoms with E-state index in [4.69, 9.17) is 5.11 Å². The molecule has 0 aliphatic heterocycles. The van der Waals surface area contributed by atoms with Gasteiger partial charge in [0.15, 0.2) is 0 Å². The third-order valence-electron chi connectivity index (χ3n) is 2.57. The van der Waals surface area contributed by atoms with Crippen molar-refractivity contribution < 1.29 is 9.90 Å². The summed E-state index contributed by atoms with van der Waals surface area (Å²) in [7, 11) is 0. The Morgan fingerprint density at radius 2 is 2.54 bits per heavy atom. The number of fused-ring (bicyclic) bond motifs is 1. The van der Waals surface area contributed by atoms with Gasteiger partial charge in [0, 0.05) is 10.8 Å². The van der Waals surface area contributed by atoms with E-state index in [9.17, 15) is 4.79 Å². The minimum absolute atomic E-state index is 0.279. The molecule has 0 radical (unpaired) electrons. The maximum absolute atomic E-state index is 10.6. The number of carboxylic acid groups (broad SMARTS) is 1. The third-order valence-corrected chi connectivity index (χ3v) is 3.69. The van der Waals surface area contributed by atoms with Crippen LogP contribution in [0.3, 0.4) is 0 Å². The van der Waals surface area contributed by atoms with Crippen LogP contribution in [0.25, 0.3) is 0 Å². The molecule has 0 bridgehead atoms. The van der Waals surface area contributed by atoms with E-state index in [0.29, 0.717) is 6.42 Å². The molecule has 0 spiro atoms. The Kier molecular flexibility index (Phi) is 2.36. The summed E-state index contributed by atoms with van der Waals surface area (Å²) in [5.41, 5.74) is 1.38. The topological polar surface area (TPSA) is 37.3 Å². The minimum Gasteiger partial charge on any atom is -0.481 e. The Labute approximate surface area is 81.2 Å². The standard InChI is InChI=1S/C10H12O2S/c11-9(12)6-8-3-1-2-7-4-5-13-10(7)8/h4-5,8H,1-3,6H2,(H,11,12). The van der Waals surface area contributed by atoms with Crippen molar-refractivity contribution in [1.82, 2.24) is 0 Å². The lowest BCUT2D eigenvalue weighted by molar-refractivity contribution is -0.137. The van der Waals surface area contributed by atoms with E-state index in [1.165, 1.54) is 10.4 Å². The van der Waals surface area contributed by atoms with E-state index < -0.39 is 5.97 Å². The minimum atomic E-state index is -0.675. The zero-order chi connectivity index (χ0) is 9.26. The van der Waals surface area contributed by atoms with Crippen LogP contribution in [0.1, 0.15) is 35.6 Å². The molecule has 1 aromatic heterocycles. The summed E-state index contributed by atoms with van der Waals surface area (Å²) in [5.74, 6) is -0.396. The van der Waals surface area contributed by atoms with Crippen LogP contribution in [0.2, 0.25) is 0 Å². The van der Waals surface area contributed by atoms with E-state index in [2.05, 4.69) is 11.4 Å². The van der Waals surface area contributed by atoms with Crippen molar-refractivity contribution >= 4 is 17.3 Å². The highest BCUT2D eigenvalue weighted by atomic mass is 32.1. The zero-order valence-electron chi connectivity index (χ0n) is 7.32. The molecule has 1 atom stereocenters. The second kappa shape index (κ2) is 3.50. The first-order valence-electron chi connectivity index (χ1n) is 4.55. The summed E-state index contributed by atoms with van der Waals surface area (Å²) in [5, 5.41) is 10.8. The summed E-state index contributed by atoms with van der Waals surface area (Å²) in [4.78, 5) is 11.9. The van der Waals surface area contributed by atoms with Crippen molar-refractivity contribution in [3.63, 3.8) is 0 Å². The van der Waals surface area contributed by atoms with Gasteiger partial charge in [0.05, 0.1) is 6.42 Å². The molecule has 70 valence electrons. The van der Waals surface area contributed by atoms with Gasteiger partial charge in [0.1, 0.15) is 0 Å². The number of aryl methyl sites for hydroxylation is 1. The van der Waals surface area contributed by atoms with Crippen molar-refractivity contribution in [1.29, 1.82) is 0 Å². The van der Waals surface area contributed by atoms with Crippen LogP contribution >= 0.6 is 11.3 Å². The monoisotopic (exact) mass is 196 g/mol. The van der Waals surface area contributed by atoms with E-state index in [1.54, 1.807) is 11.3 Å². The van der Waals surface area contributed by atoms with Gasteiger partial charge in [-0.1, -0.05) is 0 Å². The number of thiophene rings is 1. The van der Waals surface area contributed by atoms with E-state index in [-0.39, 0.29) is 5.92 Å². The Bertz CT molecular complexity index is 316. The summed E-state index contributed by atoms with van der Waals surface area (Å²) < 4.78 is 0. The number of hydrogen-bond acceptors (Lipinski definition) is 2. The van der Waals surface area contributed by atoms with Gasteiger partial charge >= 0.3 is 5.97 Å². The van der Waals surface area contributed by atoms with Crippen molar-refractivity contribution in [2.75, 3.05) is 0 Å². The van der Waals surface area contributed by atoms with Crippen molar-refractivity contribution in [2.45, 2.75) is 31.6 Å². The molecule has 2 nitrogen and oxygen atoms in total. The summed E-state index contributed by atoms with van der Waals surface area (Å²) >= 11 is 1.71. The van der Waals surface area contributed by atoms with Gasteiger partial charge in [-0.25, -0.2) is 0 Å². The Balaban J connectivity index is 2.20. The average Bonchev–Trinajstić information content (AvgIpc) is 2.51. The fourth-order valence-corrected chi connectivity index (χ4v) is 3.08. The van der Waals surface area contributed by atoms with Gasteiger partial charge in [-0.3, -0.25) is 4.79 Å². The average molecular weight is 196 g/mol. The molecule has 1 unspecified atom stereocenters. The first kappa shape index (κ1) is 8.75. The normalized spacial score (nSPS) is 21.1. The van der Waals surface area contributed by atoms with Crippen molar-refractivity contribution in [3.05, 3.63) is 21.9 Å². The van der Waals surface area contributed by atoms with Crippen LogP contribution in [0.15, 0.2) is 11.4 Å². The predicted octanol–water partition coefficient (Wildman–Crippen LogP) is 2.64. The first-order chi connectivity index (χ1) is 6.27. The maximum Gasteiger partial charge on any atom is 0.303 e. The molecule has 1 aliphatic carbocycles. The van der Waals surface area contributed by atoms with Crippen molar-refractivity contribution in [2.24, 2.45) is 0 Å². The molecule has 2 rings (SSSR count). The second-order valence-electron chi connectivity index (χ2n) is 3.50. The van der Waals surface area contributed by atoms with E-state index in [1.807, 2.05) is 0 Å². The molecule has 1 aliphatic rings. The van der Waals surface area contributed by atoms with Gasteiger partial charge in [0.2, 0.25) is 0 Å². The molecule has 0 saturated carbocycles. The molecule has 1 heterocycles. The predicted molar refractivity (Wildman–Crippen MR) is 52.3 cm³/mol. The molecule has 0 aromatic carbocycles. The van der Waals surface area contributed by atoms with E-state index in [0.717, 1.165) is 19.3 Å². The Morgan fingerprint density at radius 1 is 1.69 bits per heavy atom. The number of aliphatic carboxylic acids is 1. The van der Waals surface area contributed by atoms with Gasteiger partial charge < -0.3 is 5.11 Å². The van der Waals surface area contributed by atoms with Crippen LogP contribution < -0.4 is 0 Å². The Hall–Kier alpha value is -0.830. The second-order valence-corrected chi connectivity index (χ2v) is 4.44. The first-order valence-corrected chi connectivity index (χ1v) is 5.43. The third kappa shape index (κ3) is 1.75. The lowest BCUT2D eigenvalue weighted by atomic mass is 9.87. The molecule has 1 aromatic rings. The molecule has 0 saturated heterocycles. The van der Waals surface area contributed by atoms with Crippen LogP contribution in [-0.2, 0) is 11.2 Å². The molecule has 3 heteroatoms. The molecule has 0 fully saturated rings. The van der Waals surface area contributed by atoms with Crippen molar-refractivity contribution in [3.8, 4) is 0 Å². The molecule has 1 N–H and O–H groups in total. The number of rotatable bonds is 2. The maximum atomic E-state index is 10.6. The van der Waals surface area contributed by atoms with Gasteiger partial charge in [0.25, 0.3) is 0 Å². The highest BCUT2D eigenvalue weighted by molar-refractivity contribution is 7.10.